The number of anilines is 1. The Bertz CT molecular complexity index is 890. The number of para-hydroxylation sites is 1. The summed E-state index contributed by atoms with van der Waals surface area (Å²) in [6.45, 7) is 0. The molecular weight excluding hydrogens is 316 g/mol. The molecule has 1 amide bonds. The quantitative estimate of drug-likeness (QED) is 0.767. The number of carboxylic acid groups (broad SMARTS) is 1. The van der Waals surface area contributed by atoms with E-state index in [0.29, 0.717) is 22.2 Å². The lowest BCUT2D eigenvalue weighted by Gasteiger charge is -2.09. The molecule has 2 N–H and O–H groups in total. The van der Waals surface area contributed by atoms with Crippen LogP contribution < -0.4 is 10.1 Å². The lowest BCUT2D eigenvalue weighted by atomic mass is 10.1. The molecule has 3 rings (SSSR count). The van der Waals surface area contributed by atoms with Crippen molar-refractivity contribution in [2.24, 2.45) is 0 Å². The molecule has 1 aromatic carbocycles. The van der Waals surface area contributed by atoms with Crippen molar-refractivity contribution in [3.63, 3.8) is 0 Å². The summed E-state index contributed by atoms with van der Waals surface area (Å²) in [4.78, 5) is 27.9. The number of carbonyl (C=O) groups excluding carboxylic acids is 1. The molecule has 0 aliphatic heterocycles. The smallest absolute Gasteiger partial charge is 0.341 e. The van der Waals surface area contributed by atoms with Crippen LogP contribution in [0.2, 0.25) is 0 Å². The van der Waals surface area contributed by atoms with Crippen LogP contribution in [0.4, 0.5) is 5.69 Å². The van der Waals surface area contributed by atoms with Gasteiger partial charge in [0.05, 0.1) is 23.9 Å². The Labute approximate surface area is 135 Å². The number of nitrogens with one attached hydrogen (secondary N) is 1. The highest BCUT2D eigenvalue weighted by Gasteiger charge is 2.18. The first-order valence-corrected chi connectivity index (χ1v) is 7.59. The number of hydrogen-bond acceptors (Lipinski definition) is 5. The minimum absolute atomic E-state index is 0.0271. The number of carboxylic acids is 1. The molecule has 3 aromatic rings. The van der Waals surface area contributed by atoms with Crippen LogP contribution in [0, 0.1) is 0 Å². The SMILES string of the molecule is COc1nc2c(C(=O)Nc3ccsc3)cccc2cc1C(=O)O. The fraction of sp³-hybridized carbons (Fsp3) is 0.0625. The number of benzene rings is 1. The molecule has 6 nitrogen and oxygen atoms in total. The summed E-state index contributed by atoms with van der Waals surface area (Å²) in [5, 5.41) is 16.2. The van der Waals surface area contributed by atoms with E-state index in [1.165, 1.54) is 24.5 Å². The van der Waals surface area contributed by atoms with E-state index in [1.807, 2.05) is 10.8 Å². The number of fused-ring (bicyclic) bond motifs is 1. The van der Waals surface area contributed by atoms with E-state index >= 15 is 0 Å². The third kappa shape index (κ3) is 2.86. The fourth-order valence-electron chi connectivity index (χ4n) is 2.21. The summed E-state index contributed by atoms with van der Waals surface area (Å²) in [6.07, 6.45) is 0. The van der Waals surface area contributed by atoms with Gasteiger partial charge in [-0.15, -0.1) is 0 Å². The van der Waals surface area contributed by atoms with Gasteiger partial charge in [0.2, 0.25) is 5.88 Å². The number of pyridine rings is 1. The summed E-state index contributed by atoms with van der Waals surface area (Å²) in [7, 11) is 1.34. The molecule has 7 heteroatoms. The van der Waals surface area contributed by atoms with Crippen molar-refractivity contribution in [3.8, 4) is 5.88 Å². The highest BCUT2D eigenvalue weighted by molar-refractivity contribution is 7.08. The van der Waals surface area contributed by atoms with E-state index in [0.717, 1.165) is 0 Å². The van der Waals surface area contributed by atoms with Gasteiger partial charge in [-0.3, -0.25) is 4.79 Å². The first kappa shape index (κ1) is 15.0. The lowest BCUT2D eigenvalue weighted by Crippen LogP contribution is -2.13. The Hall–Kier alpha value is -2.93. The van der Waals surface area contributed by atoms with E-state index < -0.39 is 5.97 Å². The van der Waals surface area contributed by atoms with Gasteiger partial charge in [-0.25, -0.2) is 9.78 Å². The second kappa shape index (κ2) is 6.05. The van der Waals surface area contributed by atoms with Gasteiger partial charge in [0, 0.05) is 10.8 Å². The number of hydrogen-bond donors (Lipinski definition) is 2. The van der Waals surface area contributed by atoms with Crippen LogP contribution in [-0.4, -0.2) is 29.1 Å². The largest absolute Gasteiger partial charge is 0.480 e. The van der Waals surface area contributed by atoms with E-state index in [-0.39, 0.29) is 17.4 Å². The van der Waals surface area contributed by atoms with Crippen molar-refractivity contribution in [1.82, 2.24) is 4.98 Å². The van der Waals surface area contributed by atoms with Crippen molar-refractivity contribution in [1.29, 1.82) is 0 Å². The standard InChI is InChI=1S/C16H12N2O4S/c1-22-15-12(16(20)21)7-9-3-2-4-11(13(9)18-15)14(19)17-10-5-6-23-8-10/h2-8H,1H3,(H,17,19)(H,20,21). The maximum Gasteiger partial charge on any atom is 0.341 e. The third-order valence-corrected chi connectivity index (χ3v) is 3.94. The van der Waals surface area contributed by atoms with Crippen molar-refractivity contribution in [3.05, 3.63) is 52.2 Å². The summed E-state index contributed by atoms with van der Waals surface area (Å²) in [6, 6.07) is 8.27. The number of rotatable bonds is 4. The zero-order valence-corrected chi connectivity index (χ0v) is 12.9. The van der Waals surface area contributed by atoms with Crippen molar-refractivity contribution < 1.29 is 19.4 Å². The van der Waals surface area contributed by atoms with Crippen molar-refractivity contribution >= 4 is 39.8 Å². The van der Waals surface area contributed by atoms with Gasteiger partial charge in [-0.2, -0.15) is 11.3 Å². The molecule has 0 radical (unpaired) electrons. The van der Waals surface area contributed by atoms with Crippen LogP contribution in [0.25, 0.3) is 10.9 Å². The van der Waals surface area contributed by atoms with Gasteiger partial charge < -0.3 is 15.2 Å². The fourth-order valence-corrected chi connectivity index (χ4v) is 2.80. The number of nitrogens with zero attached hydrogens (tertiary/aromatic N) is 1. The van der Waals surface area contributed by atoms with Crippen LogP contribution in [0.1, 0.15) is 20.7 Å². The molecule has 0 aliphatic carbocycles. The monoisotopic (exact) mass is 328 g/mol. The van der Waals surface area contributed by atoms with Crippen molar-refractivity contribution in [2.75, 3.05) is 12.4 Å². The first-order chi connectivity index (χ1) is 11.1. The summed E-state index contributed by atoms with van der Waals surface area (Å²) >= 11 is 1.48. The molecule has 0 atom stereocenters. The molecule has 0 bridgehead atoms. The van der Waals surface area contributed by atoms with Crippen molar-refractivity contribution in [2.45, 2.75) is 0 Å². The predicted molar refractivity (Wildman–Crippen MR) is 87.5 cm³/mol. The Morgan fingerprint density at radius 2 is 2.09 bits per heavy atom. The van der Waals surface area contributed by atoms with Gasteiger partial charge in [-0.1, -0.05) is 12.1 Å². The second-order valence-corrected chi connectivity index (χ2v) is 5.47. The molecule has 0 unspecified atom stereocenters. The number of carbonyl (C=O) groups is 2. The average Bonchev–Trinajstić information content (AvgIpc) is 3.05. The lowest BCUT2D eigenvalue weighted by molar-refractivity contribution is 0.0692. The van der Waals surface area contributed by atoms with E-state index in [9.17, 15) is 14.7 Å². The number of ether oxygens (including phenoxy) is 1. The van der Waals surface area contributed by atoms with Crippen LogP contribution >= 0.6 is 11.3 Å². The third-order valence-electron chi connectivity index (χ3n) is 3.26. The molecule has 0 saturated carbocycles. The Morgan fingerprint density at radius 1 is 1.26 bits per heavy atom. The van der Waals surface area contributed by atoms with E-state index in [2.05, 4.69) is 10.3 Å². The summed E-state index contributed by atoms with van der Waals surface area (Å²) in [5.41, 5.74) is 1.40. The number of aromatic carboxylic acids is 1. The van der Waals surface area contributed by atoms with Gasteiger partial charge >= 0.3 is 5.97 Å². The first-order valence-electron chi connectivity index (χ1n) is 6.64. The Balaban J connectivity index is 2.10. The second-order valence-electron chi connectivity index (χ2n) is 4.69. The van der Waals surface area contributed by atoms with Crippen LogP contribution in [0.5, 0.6) is 5.88 Å². The molecule has 23 heavy (non-hydrogen) atoms. The van der Waals surface area contributed by atoms with Gasteiger partial charge in [0.25, 0.3) is 5.91 Å². The maximum atomic E-state index is 12.4. The van der Waals surface area contributed by atoms with Gasteiger partial charge in [-0.05, 0) is 23.6 Å². The maximum absolute atomic E-state index is 12.4. The highest BCUT2D eigenvalue weighted by Crippen LogP contribution is 2.25. The molecule has 0 aliphatic rings. The normalized spacial score (nSPS) is 10.5. The van der Waals surface area contributed by atoms with Crippen LogP contribution in [0.3, 0.4) is 0 Å². The zero-order valence-electron chi connectivity index (χ0n) is 12.1. The van der Waals surface area contributed by atoms with E-state index in [1.54, 1.807) is 24.3 Å². The molecule has 2 aromatic heterocycles. The minimum atomic E-state index is -1.13. The highest BCUT2D eigenvalue weighted by atomic mass is 32.1. The molecule has 0 spiro atoms. The van der Waals surface area contributed by atoms with Crippen LogP contribution in [0.15, 0.2) is 41.1 Å². The summed E-state index contributed by atoms with van der Waals surface area (Å²) < 4.78 is 5.03. The Morgan fingerprint density at radius 3 is 2.74 bits per heavy atom. The van der Waals surface area contributed by atoms with Gasteiger partial charge in [0.1, 0.15) is 5.56 Å². The number of methoxy groups -OCH3 is 1. The molecule has 2 heterocycles. The van der Waals surface area contributed by atoms with Gasteiger partial charge in [0.15, 0.2) is 0 Å². The zero-order chi connectivity index (χ0) is 16.4. The topological polar surface area (TPSA) is 88.5 Å². The minimum Gasteiger partial charge on any atom is -0.480 e. The molecule has 0 fully saturated rings. The van der Waals surface area contributed by atoms with E-state index in [4.69, 9.17) is 4.74 Å². The predicted octanol–water partition coefficient (Wildman–Crippen LogP) is 3.26. The number of thiophene rings is 1. The number of amides is 1. The molecule has 0 saturated heterocycles. The summed E-state index contributed by atoms with van der Waals surface area (Å²) in [5.74, 6) is -1.48. The molecule has 116 valence electrons. The average molecular weight is 328 g/mol. The van der Waals surface area contributed by atoms with Crippen LogP contribution in [-0.2, 0) is 0 Å². The Kier molecular flexibility index (Phi) is 3.94. The molecular formula is C16H12N2O4S. The number of aromatic nitrogens is 1.